The number of pyridine rings is 1. The number of fused-ring (bicyclic) bond motifs is 1. The van der Waals surface area contributed by atoms with Gasteiger partial charge in [-0.15, -0.1) is 5.10 Å². The Hall–Kier alpha value is -3.26. The molecule has 8 nitrogen and oxygen atoms in total. The van der Waals surface area contributed by atoms with Crippen LogP contribution in [-0.2, 0) is 13.1 Å². The molecule has 0 bridgehead atoms. The molecule has 1 N–H and O–H groups in total. The zero-order valence-electron chi connectivity index (χ0n) is 20.1. The van der Waals surface area contributed by atoms with Crippen molar-refractivity contribution >= 4 is 10.9 Å². The highest BCUT2D eigenvalue weighted by Gasteiger charge is 2.30. The minimum Gasteiger partial charge on any atom is -0.468 e. The first-order valence-electron chi connectivity index (χ1n) is 12.2. The number of furan rings is 1. The van der Waals surface area contributed by atoms with Gasteiger partial charge in [0.15, 0.2) is 5.82 Å². The molecular formula is C26H32N6O2. The fraction of sp³-hybridized carbons (Fsp3) is 0.462. The van der Waals surface area contributed by atoms with E-state index in [4.69, 9.17) is 4.42 Å². The summed E-state index contributed by atoms with van der Waals surface area (Å²) >= 11 is 0. The van der Waals surface area contributed by atoms with Gasteiger partial charge in [-0.1, -0.05) is 25.8 Å². The lowest BCUT2D eigenvalue weighted by atomic mass is 10.0. The predicted octanol–water partition coefficient (Wildman–Crippen LogP) is 4.99. The van der Waals surface area contributed by atoms with Gasteiger partial charge in [0.2, 0.25) is 0 Å². The van der Waals surface area contributed by atoms with Gasteiger partial charge in [-0.3, -0.25) is 9.69 Å². The Balaban J connectivity index is 1.53. The van der Waals surface area contributed by atoms with Crippen LogP contribution in [0.2, 0.25) is 0 Å². The second-order valence-corrected chi connectivity index (χ2v) is 9.50. The second-order valence-electron chi connectivity index (χ2n) is 9.50. The number of nitrogens with zero attached hydrogens (tertiary/aromatic N) is 5. The molecule has 0 amide bonds. The van der Waals surface area contributed by atoms with Crippen molar-refractivity contribution < 1.29 is 4.42 Å². The summed E-state index contributed by atoms with van der Waals surface area (Å²) in [6.45, 7) is 7.31. The van der Waals surface area contributed by atoms with Crippen molar-refractivity contribution in [1.82, 2.24) is 30.1 Å². The van der Waals surface area contributed by atoms with Crippen LogP contribution in [0.1, 0.15) is 79.4 Å². The normalized spacial score (nSPS) is 15.5. The molecule has 0 radical (unpaired) electrons. The van der Waals surface area contributed by atoms with Gasteiger partial charge in [-0.05, 0) is 78.9 Å². The van der Waals surface area contributed by atoms with Crippen LogP contribution in [0.5, 0.6) is 0 Å². The van der Waals surface area contributed by atoms with E-state index in [-0.39, 0.29) is 11.6 Å². The molecule has 1 atom stereocenters. The largest absolute Gasteiger partial charge is 0.468 e. The van der Waals surface area contributed by atoms with E-state index >= 15 is 0 Å². The molecule has 1 aliphatic rings. The molecular weight excluding hydrogens is 428 g/mol. The van der Waals surface area contributed by atoms with Crippen LogP contribution in [0.15, 0.2) is 45.8 Å². The summed E-state index contributed by atoms with van der Waals surface area (Å²) in [6, 6.07) is 10.4. The van der Waals surface area contributed by atoms with Crippen LogP contribution in [0, 0.1) is 13.8 Å². The highest BCUT2D eigenvalue weighted by Crippen LogP contribution is 2.33. The van der Waals surface area contributed by atoms with Gasteiger partial charge in [-0.25, -0.2) is 4.68 Å². The molecule has 3 aromatic heterocycles. The minimum absolute atomic E-state index is 0.0464. The summed E-state index contributed by atoms with van der Waals surface area (Å²) in [7, 11) is 0. The smallest absolute Gasteiger partial charge is 0.252 e. The quantitative estimate of drug-likeness (QED) is 0.398. The number of aromatic amines is 1. The van der Waals surface area contributed by atoms with Gasteiger partial charge in [0, 0.05) is 23.0 Å². The summed E-state index contributed by atoms with van der Waals surface area (Å²) in [5, 5.41) is 13.9. The van der Waals surface area contributed by atoms with E-state index in [9.17, 15) is 4.79 Å². The number of aromatic nitrogens is 5. The Morgan fingerprint density at radius 2 is 2.03 bits per heavy atom. The molecule has 1 aliphatic carbocycles. The summed E-state index contributed by atoms with van der Waals surface area (Å²) in [4.78, 5) is 18.5. The number of benzene rings is 1. The van der Waals surface area contributed by atoms with Crippen LogP contribution in [0.25, 0.3) is 10.9 Å². The van der Waals surface area contributed by atoms with E-state index in [2.05, 4.69) is 45.3 Å². The van der Waals surface area contributed by atoms with Crippen LogP contribution < -0.4 is 5.56 Å². The van der Waals surface area contributed by atoms with Gasteiger partial charge < -0.3 is 9.40 Å². The Bertz CT molecular complexity index is 1320. The van der Waals surface area contributed by atoms with Crippen LogP contribution in [0.3, 0.4) is 0 Å². The predicted molar refractivity (Wildman–Crippen MR) is 130 cm³/mol. The number of aryl methyl sites for hydroxylation is 2. The van der Waals surface area contributed by atoms with E-state index < -0.39 is 0 Å². The van der Waals surface area contributed by atoms with Crippen molar-refractivity contribution in [3.05, 3.63) is 75.2 Å². The lowest BCUT2D eigenvalue weighted by Crippen LogP contribution is -2.32. The van der Waals surface area contributed by atoms with E-state index in [0.717, 1.165) is 58.4 Å². The van der Waals surface area contributed by atoms with Crippen molar-refractivity contribution in [2.75, 3.05) is 0 Å². The molecule has 0 saturated heterocycles. The molecule has 4 aromatic rings. The zero-order chi connectivity index (χ0) is 23.7. The molecule has 1 fully saturated rings. The van der Waals surface area contributed by atoms with Gasteiger partial charge in [-0.2, -0.15) is 0 Å². The molecule has 5 rings (SSSR count). The first-order valence-corrected chi connectivity index (χ1v) is 12.2. The number of hydrogen-bond donors (Lipinski definition) is 1. The topological polar surface area (TPSA) is 92.8 Å². The van der Waals surface area contributed by atoms with E-state index in [1.165, 1.54) is 12.8 Å². The summed E-state index contributed by atoms with van der Waals surface area (Å²) in [6.07, 6.45) is 7.14. The maximum absolute atomic E-state index is 13.1. The molecule has 3 heterocycles. The van der Waals surface area contributed by atoms with Crippen molar-refractivity contribution in [1.29, 1.82) is 0 Å². The zero-order valence-corrected chi connectivity index (χ0v) is 20.1. The van der Waals surface area contributed by atoms with E-state index in [1.807, 2.05) is 35.9 Å². The number of nitrogens with one attached hydrogen (secondary N) is 1. The molecule has 1 aromatic carbocycles. The van der Waals surface area contributed by atoms with Crippen LogP contribution in [-0.4, -0.2) is 30.1 Å². The Morgan fingerprint density at radius 3 is 2.76 bits per heavy atom. The standard InChI is InChI=1S/C26H32N6O2/c1-4-24(25-28-29-30-32(25)20-8-5-6-9-20)31(16-21-10-7-11-34-21)15-19-14-22-18(3)12-17(2)13-23(22)27-26(19)33/h7,10-14,20,24H,4-6,8-9,15-16H2,1-3H3,(H,27,33)/t24-/m0/s1. The minimum atomic E-state index is -0.0628. The van der Waals surface area contributed by atoms with Crippen molar-refractivity contribution in [2.45, 2.75) is 78.0 Å². The van der Waals surface area contributed by atoms with Crippen LogP contribution in [0.4, 0.5) is 0 Å². The fourth-order valence-electron chi connectivity index (χ4n) is 5.36. The third-order valence-electron chi connectivity index (χ3n) is 7.02. The monoisotopic (exact) mass is 460 g/mol. The lowest BCUT2D eigenvalue weighted by molar-refractivity contribution is 0.146. The van der Waals surface area contributed by atoms with E-state index in [0.29, 0.717) is 19.1 Å². The summed E-state index contributed by atoms with van der Waals surface area (Å²) < 4.78 is 7.71. The number of rotatable bonds is 8. The Kier molecular flexibility index (Phi) is 6.32. The third kappa shape index (κ3) is 4.42. The average molecular weight is 461 g/mol. The van der Waals surface area contributed by atoms with Crippen molar-refractivity contribution in [2.24, 2.45) is 0 Å². The fourth-order valence-corrected chi connectivity index (χ4v) is 5.36. The van der Waals surface area contributed by atoms with Gasteiger partial charge in [0.25, 0.3) is 5.56 Å². The van der Waals surface area contributed by atoms with Crippen molar-refractivity contribution in [3.8, 4) is 0 Å². The van der Waals surface area contributed by atoms with Gasteiger partial charge in [0.05, 0.1) is 24.9 Å². The average Bonchev–Trinajstić information content (AvgIpc) is 3.58. The SMILES string of the molecule is CC[C@@H](c1nnnn1C1CCCC1)N(Cc1ccco1)Cc1cc2c(C)cc(C)cc2[nH]c1=O. The molecule has 0 spiro atoms. The highest BCUT2D eigenvalue weighted by atomic mass is 16.3. The van der Waals surface area contributed by atoms with E-state index in [1.54, 1.807) is 6.26 Å². The Morgan fingerprint density at radius 1 is 1.21 bits per heavy atom. The first kappa shape index (κ1) is 22.5. The number of hydrogen-bond acceptors (Lipinski definition) is 6. The maximum Gasteiger partial charge on any atom is 0.252 e. The number of H-pyrrole nitrogens is 1. The third-order valence-corrected chi connectivity index (χ3v) is 7.02. The summed E-state index contributed by atoms with van der Waals surface area (Å²) in [5.74, 6) is 1.72. The molecule has 1 saturated carbocycles. The molecule has 178 valence electrons. The summed E-state index contributed by atoms with van der Waals surface area (Å²) in [5.41, 5.74) is 3.83. The molecule has 0 unspecified atom stereocenters. The highest BCUT2D eigenvalue weighted by molar-refractivity contribution is 5.83. The first-order chi connectivity index (χ1) is 16.5. The maximum atomic E-state index is 13.1. The molecule has 0 aliphatic heterocycles. The van der Waals surface area contributed by atoms with Crippen molar-refractivity contribution in [3.63, 3.8) is 0 Å². The molecule has 34 heavy (non-hydrogen) atoms. The lowest BCUT2D eigenvalue weighted by Gasteiger charge is -2.30. The Labute approximate surface area is 199 Å². The second kappa shape index (κ2) is 9.54. The van der Waals surface area contributed by atoms with Gasteiger partial charge in [0.1, 0.15) is 5.76 Å². The number of tetrazole rings is 1. The molecule has 8 heteroatoms. The van der Waals surface area contributed by atoms with Gasteiger partial charge >= 0.3 is 0 Å². The van der Waals surface area contributed by atoms with Crippen LogP contribution >= 0.6 is 0 Å².